The lowest BCUT2D eigenvalue weighted by atomic mass is 9.81. The van der Waals surface area contributed by atoms with Crippen molar-refractivity contribution in [2.45, 2.75) is 44.4 Å². The van der Waals surface area contributed by atoms with Gasteiger partial charge < -0.3 is 0 Å². The SMILES string of the molecule is CC(C)c1cc(Cl)n2nc(C3CC(F)(F)C3)nc2c1. The van der Waals surface area contributed by atoms with Crippen LogP contribution in [-0.2, 0) is 0 Å². The van der Waals surface area contributed by atoms with Gasteiger partial charge >= 0.3 is 0 Å². The number of hydrogen-bond donors (Lipinski definition) is 0. The molecule has 0 radical (unpaired) electrons. The van der Waals surface area contributed by atoms with Crippen LogP contribution in [0.4, 0.5) is 8.78 Å². The normalized spacial score (nSPS) is 19.1. The van der Waals surface area contributed by atoms with Gasteiger partial charge in [0.2, 0.25) is 5.92 Å². The Morgan fingerprint density at radius 1 is 1.37 bits per heavy atom. The molecule has 6 heteroatoms. The maximum Gasteiger partial charge on any atom is 0.249 e. The van der Waals surface area contributed by atoms with E-state index in [1.165, 1.54) is 4.52 Å². The first kappa shape index (κ1) is 12.8. The molecule has 19 heavy (non-hydrogen) atoms. The topological polar surface area (TPSA) is 30.2 Å². The van der Waals surface area contributed by atoms with Gasteiger partial charge in [0.25, 0.3) is 0 Å². The molecule has 102 valence electrons. The van der Waals surface area contributed by atoms with Crippen LogP contribution in [0.5, 0.6) is 0 Å². The van der Waals surface area contributed by atoms with Crippen molar-refractivity contribution < 1.29 is 8.78 Å². The summed E-state index contributed by atoms with van der Waals surface area (Å²) in [5.41, 5.74) is 1.69. The van der Waals surface area contributed by atoms with Crippen molar-refractivity contribution in [3.63, 3.8) is 0 Å². The van der Waals surface area contributed by atoms with Gasteiger partial charge in [-0.2, -0.15) is 0 Å². The van der Waals surface area contributed by atoms with E-state index in [9.17, 15) is 8.78 Å². The predicted molar refractivity (Wildman–Crippen MR) is 69.0 cm³/mol. The maximum absolute atomic E-state index is 12.9. The third kappa shape index (κ3) is 2.20. The fourth-order valence-electron chi connectivity index (χ4n) is 2.33. The van der Waals surface area contributed by atoms with Crippen molar-refractivity contribution in [1.82, 2.24) is 14.6 Å². The average Bonchev–Trinajstić information content (AvgIpc) is 2.69. The largest absolute Gasteiger partial charge is 0.249 e. The van der Waals surface area contributed by atoms with Crippen LogP contribution < -0.4 is 0 Å². The number of halogens is 3. The Bertz CT molecular complexity index is 628. The van der Waals surface area contributed by atoms with Crippen LogP contribution in [0, 0.1) is 0 Å². The zero-order valence-corrected chi connectivity index (χ0v) is 11.5. The number of alkyl halides is 2. The van der Waals surface area contributed by atoms with E-state index in [0.29, 0.717) is 22.5 Å². The molecule has 3 rings (SSSR count). The van der Waals surface area contributed by atoms with Gasteiger partial charge in [-0.3, -0.25) is 0 Å². The molecule has 0 saturated heterocycles. The molecule has 0 atom stereocenters. The fourth-order valence-corrected chi connectivity index (χ4v) is 2.58. The number of hydrogen-bond acceptors (Lipinski definition) is 2. The van der Waals surface area contributed by atoms with Gasteiger partial charge in [-0.1, -0.05) is 25.4 Å². The van der Waals surface area contributed by atoms with Gasteiger partial charge in [-0.15, -0.1) is 5.10 Å². The molecule has 1 fully saturated rings. The van der Waals surface area contributed by atoms with E-state index in [1.807, 2.05) is 12.1 Å². The Morgan fingerprint density at radius 3 is 2.63 bits per heavy atom. The molecule has 2 aromatic heterocycles. The number of pyridine rings is 1. The Morgan fingerprint density at radius 2 is 2.05 bits per heavy atom. The van der Waals surface area contributed by atoms with E-state index in [0.717, 1.165) is 5.56 Å². The molecule has 3 nitrogen and oxygen atoms in total. The zero-order chi connectivity index (χ0) is 13.8. The predicted octanol–water partition coefficient (Wildman–Crippen LogP) is 4.02. The Hall–Kier alpha value is -1.23. The molecule has 1 saturated carbocycles. The van der Waals surface area contributed by atoms with Crippen molar-refractivity contribution in [3.05, 3.63) is 28.7 Å². The molecule has 2 aromatic rings. The Kier molecular flexibility index (Phi) is 2.78. The highest BCUT2D eigenvalue weighted by atomic mass is 35.5. The minimum atomic E-state index is -2.56. The molecule has 2 heterocycles. The first-order valence-electron chi connectivity index (χ1n) is 6.30. The zero-order valence-electron chi connectivity index (χ0n) is 10.7. The molecule has 1 aliphatic carbocycles. The van der Waals surface area contributed by atoms with Gasteiger partial charge in [0.05, 0.1) is 0 Å². The first-order chi connectivity index (χ1) is 8.85. The number of nitrogens with zero attached hydrogens (tertiary/aromatic N) is 3. The van der Waals surface area contributed by atoms with E-state index in [2.05, 4.69) is 23.9 Å². The lowest BCUT2D eigenvalue weighted by Gasteiger charge is -2.32. The lowest BCUT2D eigenvalue weighted by molar-refractivity contribution is -0.0884. The molecule has 1 aliphatic rings. The number of fused-ring (bicyclic) bond motifs is 1. The van der Waals surface area contributed by atoms with Crippen LogP contribution in [0.2, 0.25) is 5.15 Å². The monoisotopic (exact) mass is 285 g/mol. The van der Waals surface area contributed by atoms with Crippen LogP contribution in [0.15, 0.2) is 12.1 Å². The highest BCUT2D eigenvalue weighted by molar-refractivity contribution is 6.29. The summed E-state index contributed by atoms with van der Waals surface area (Å²) in [4.78, 5) is 4.34. The fraction of sp³-hybridized carbons (Fsp3) is 0.538. The summed E-state index contributed by atoms with van der Waals surface area (Å²) in [5, 5.41) is 4.70. The second-order valence-corrected chi connectivity index (χ2v) is 5.85. The average molecular weight is 286 g/mol. The van der Waals surface area contributed by atoms with Crippen molar-refractivity contribution in [2.75, 3.05) is 0 Å². The van der Waals surface area contributed by atoms with Gasteiger partial charge in [0.15, 0.2) is 11.5 Å². The Balaban J connectivity index is 1.99. The van der Waals surface area contributed by atoms with E-state index >= 15 is 0 Å². The van der Waals surface area contributed by atoms with Crippen LogP contribution in [-0.4, -0.2) is 20.5 Å². The van der Waals surface area contributed by atoms with Crippen LogP contribution in [0.25, 0.3) is 5.65 Å². The highest BCUT2D eigenvalue weighted by Crippen LogP contribution is 2.47. The van der Waals surface area contributed by atoms with E-state index in [4.69, 9.17) is 11.6 Å². The van der Waals surface area contributed by atoms with Gasteiger partial charge in [-0.05, 0) is 23.6 Å². The van der Waals surface area contributed by atoms with E-state index in [1.54, 1.807) is 0 Å². The summed E-state index contributed by atoms with van der Waals surface area (Å²) in [7, 11) is 0. The van der Waals surface area contributed by atoms with Gasteiger partial charge in [0.1, 0.15) is 5.15 Å². The van der Waals surface area contributed by atoms with E-state index < -0.39 is 5.92 Å². The minimum Gasteiger partial charge on any atom is -0.212 e. The van der Waals surface area contributed by atoms with Crippen LogP contribution in [0.1, 0.15) is 49.9 Å². The molecule has 0 aliphatic heterocycles. The van der Waals surface area contributed by atoms with Crippen molar-refractivity contribution in [1.29, 1.82) is 0 Å². The molecule has 0 amide bonds. The second kappa shape index (κ2) is 4.13. The first-order valence-corrected chi connectivity index (χ1v) is 6.67. The lowest BCUT2D eigenvalue weighted by Crippen LogP contribution is -2.34. The summed E-state index contributed by atoms with van der Waals surface area (Å²) in [5.74, 6) is -2.02. The Labute approximate surface area is 114 Å². The van der Waals surface area contributed by atoms with Crippen molar-refractivity contribution in [3.8, 4) is 0 Å². The van der Waals surface area contributed by atoms with Gasteiger partial charge in [-0.25, -0.2) is 18.3 Å². The third-order valence-electron chi connectivity index (χ3n) is 3.55. The quantitative estimate of drug-likeness (QED) is 0.780. The number of aromatic nitrogens is 3. The molecular weight excluding hydrogens is 272 g/mol. The minimum absolute atomic E-state index is 0.168. The summed E-state index contributed by atoms with van der Waals surface area (Å²) in [6.45, 7) is 4.12. The molecule has 0 unspecified atom stereocenters. The second-order valence-electron chi connectivity index (χ2n) is 5.47. The smallest absolute Gasteiger partial charge is 0.212 e. The van der Waals surface area contributed by atoms with Crippen LogP contribution >= 0.6 is 11.6 Å². The summed E-state index contributed by atoms with van der Waals surface area (Å²) in [6.07, 6.45) is -0.336. The summed E-state index contributed by atoms with van der Waals surface area (Å²) in [6, 6.07) is 3.75. The molecule has 0 bridgehead atoms. The molecular formula is C13H14ClF2N3. The molecule has 0 spiro atoms. The highest BCUT2D eigenvalue weighted by Gasteiger charge is 2.47. The van der Waals surface area contributed by atoms with Gasteiger partial charge in [0, 0.05) is 18.8 Å². The number of rotatable bonds is 2. The van der Waals surface area contributed by atoms with Crippen molar-refractivity contribution in [2.24, 2.45) is 0 Å². The summed E-state index contributed by atoms with van der Waals surface area (Å²) >= 11 is 6.15. The maximum atomic E-state index is 12.9. The van der Waals surface area contributed by atoms with Crippen LogP contribution in [0.3, 0.4) is 0 Å². The standard InChI is InChI=1S/C13H14ClF2N3/c1-7(2)8-3-10(14)19-11(4-8)17-12(18-19)9-5-13(15,16)6-9/h3-4,7,9H,5-6H2,1-2H3. The van der Waals surface area contributed by atoms with Crippen molar-refractivity contribution >= 4 is 17.2 Å². The summed E-state index contributed by atoms with van der Waals surface area (Å²) < 4.78 is 27.3. The molecule has 0 N–H and O–H groups in total. The van der Waals surface area contributed by atoms with E-state index in [-0.39, 0.29) is 18.8 Å². The molecule has 0 aromatic carbocycles. The third-order valence-corrected chi connectivity index (χ3v) is 3.82.